The van der Waals surface area contributed by atoms with Gasteiger partial charge in [0.2, 0.25) is 4.96 Å². The van der Waals surface area contributed by atoms with E-state index in [1.54, 1.807) is 21.9 Å². The van der Waals surface area contributed by atoms with Crippen LogP contribution in [0.15, 0.2) is 29.8 Å². The largest absolute Gasteiger partial charge is 0.490 e. The van der Waals surface area contributed by atoms with Gasteiger partial charge in [-0.05, 0) is 18.9 Å². The highest BCUT2D eigenvalue weighted by Crippen LogP contribution is 2.31. The molecule has 0 amide bonds. The molecule has 0 fully saturated rings. The second kappa shape index (κ2) is 7.36. The van der Waals surface area contributed by atoms with Crippen LogP contribution < -0.4 is 0 Å². The van der Waals surface area contributed by atoms with Crippen molar-refractivity contribution in [3.8, 4) is 17.5 Å². The molecule has 0 atom stereocenters. The zero-order valence-corrected chi connectivity index (χ0v) is 14.8. The average Bonchev–Trinajstić information content (AvgIpc) is 3.29. The Morgan fingerprint density at radius 3 is 3.08 bits per heavy atom. The zero-order chi connectivity index (χ0) is 17.8. The Hall–Kier alpha value is -2.85. The molecular formula is C18H18N4O2S. The molecule has 6 nitrogen and oxygen atoms in total. The predicted molar refractivity (Wildman–Crippen MR) is 97.9 cm³/mol. The lowest BCUT2D eigenvalue weighted by Crippen LogP contribution is -1.93. The summed E-state index contributed by atoms with van der Waals surface area (Å²) in [5.74, 6) is 1.56. The van der Waals surface area contributed by atoms with E-state index in [-0.39, 0.29) is 0 Å². The van der Waals surface area contributed by atoms with Crippen molar-refractivity contribution in [1.29, 1.82) is 5.26 Å². The van der Waals surface area contributed by atoms with Gasteiger partial charge >= 0.3 is 0 Å². The first kappa shape index (κ1) is 17.0. The van der Waals surface area contributed by atoms with Crippen molar-refractivity contribution in [1.82, 2.24) is 14.6 Å². The van der Waals surface area contributed by atoms with Crippen LogP contribution in [-0.4, -0.2) is 21.2 Å². The summed E-state index contributed by atoms with van der Waals surface area (Å²) in [6.07, 6.45) is 5.52. The van der Waals surface area contributed by atoms with Crippen LogP contribution >= 0.6 is 11.3 Å². The van der Waals surface area contributed by atoms with Crippen LogP contribution in [0.25, 0.3) is 28.3 Å². The van der Waals surface area contributed by atoms with Gasteiger partial charge in [-0.25, -0.2) is 9.50 Å². The zero-order valence-electron chi connectivity index (χ0n) is 14.0. The Morgan fingerprint density at radius 2 is 2.40 bits per heavy atom. The van der Waals surface area contributed by atoms with Gasteiger partial charge < -0.3 is 9.15 Å². The number of furan rings is 1. The molecule has 3 aromatic rings. The monoisotopic (exact) mass is 354 g/mol. The topological polar surface area (TPSA) is 76.3 Å². The van der Waals surface area contributed by atoms with E-state index >= 15 is 0 Å². The molecule has 3 aromatic heterocycles. The van der Waals surface area contributed by atoms with Gasteiger partial charge in [0.1, 0.15) is 10.7 Å². The third-order valence-electron chi connectivity index (χ3n) is 3.58. The SMILES string of the molecule is C=Cc1cc(-c2cn3nc(CC)sc3n2)oc1C(=C)OCCCC#N. The predicted octanol–water partition coefficient (Wildman–Crippen LogP) is 4.55. The molecule has 3 rings (SSSR count). The van der Waals surface area contributed by atoms with E-state index in [9.17, 15) is 0 Å². The molecule has 128 valence electrons. The summed E-state index contributed by atoms with van der Waals surface area (Å²) in [5, 5.41) is 14.1. The molecule has 25 heavy (non-hydrogen) atoms. The lowest BCUT2D eigenvalue weighted by atomic mass is 10.2. The summed E-state index contributed by atoms with van der Waals surface area (Å²) < 4.78 is 13.2. The Labute approximate surface area is 149 Å². The third kappa shape index (κ3) is 3.49. The number of nitriles is 1. The van der Waals surface area contributed by atoms with Gasteiger partial charge in [-0.3, -0.25) is 0 Å². The summed E-state index contributed by atoms with van der Waals surface area (Å²) in [7, 11) is 0. The van der Waals surface area contributed by atoms with Gasteiger partial charge in [0, 0.05) is 12.0 Å². The summed E-state index contributed by atoms with van der Waals surface area (Å²) in [4.78, 5) is 5.40. The van der Waals surface area contributed by atoms with Crippen molar-refractivity contribution in [2.75, 3.05) is 6.61 Å². The second-order valence-corrected chi connectivity index (χ2v) is 6.38. The number of hydrogen-bond donors (Lipinski definition) is 0. The Kier molecular flexibility index (Phi) is 5.00. The van der Waals surface area contributed by atoms with E-state index in [4.69, 9.17) is 14.4 Å². The Balaban J connectivity index is 1.83. The third-order valence-corrected chi connectivity index (χ3v) is 4.65. The molecule has 0 aliphatic heterocycles. The Morgan fingerprint density at radius 1 is 1.56 bits per heavy atom. The highest BCUT2D eigenvalue weighted by molar-refractivity contribution is 7.16. The molecule has 0 bridgehead atoms. The Bertz CT molecular complexity index is 926. The fourth-order valence-corrected chi connectivity index (χ4v) is 3.13. The van der Waals surface area contributed by atoms with Crippen molar-refractivity contribution in [2.24, 2.45) is 0 Å². The number of imidazole rings is 1. The number of rotatable bonds is 8. The fourth-order valence-electron chi connectivity index (χ4n) is 2.32. The first-order valence-corrected chi connectivity index (χ1v) is 8.78. The molecule has 0 spiro atoms. The van der Waals surface area contributed by atoms with E-state index in [1.165, 1.54) is 0 Å². The van der Waals surface area contributed by atoms with Crippen LogP contribution in [0.1, 0.15) is 36.1 Å². The second-order valence-electron chi connectivity index (χ2n) is 5.34. The van der Waals surface area contributed by atoms with E-state index in [0.29, 0.717) is 42.4 Å². The summed E-state index contributed by atoms with van der Waals surface area (Å²) in [6, 6.07) is 3.94. The molecule has 0 unspecified atom stereocenters. The number of nitrogens with zero attached hydrogens (tertiary/aromatic N) is 4. The normalized spacial score (nSPS) is 10.7. The van der Waals surface area contributed by atoms with Crippen molar-refractivity contribution in [3.63, 3.8) is 0 Å². The van der Waals surface area contributed by atoms with Crippen molar-refractivity contribution in [2.45, 2.75) is 26.2 Å². The van der Waals surface area contributed by atoms with Crippen LogP contribution in [0.5, 0.6) is 0 Å². The number of aryl methyl sites for hydroxylation is 1. The molecule has 0 saturated carbocycles. The van der Waals surface area contributed by atoms with Crippen molar-refractivity contribution < 1.29 is 9.15 Å². The van der Waals surface area contributed by atoms with E-state index in [0.717, 1.165) is 22.0 Å². The highest BCUT2D eigenvalue weighted by atomic mass is 32.1. The lowest BCUT2D eigenvalue weighted by molar-refractivity contribution is 0.265. The van der Waals surface area contributed by atoms with Crippen LogP contribution in [0.3, 0.4) is 0 Å². The lowest BCUT2D eigenvalue weighted by Gasteiger charge is -2.06. The molecule has 7 heteroatoms. The standard InChI is InChI=1S/C18H18N4O2S/c1-4-13-10-15(24-17(13)12(3)23-9-7-6-8-19)14-11-22-18(20-14)25-16(5-2)21-22/h4,10-11H,1,3,5-7,9H2,2H3. The van der Waals surface area contributed by atoms with Gasteiger partial charge in [0.05, 0.1) is 18.9 Å². The highest BCUT2D eigenvalue weighted by Gasteiger charge is 2.17. The van der Waals surface area contributed by atoms with Crippen molar-refractivity contribution in [3.05, 3.63) is 41.8 Å². The van der Waals surface area contributed by atoms with Crippen LogP contribution in [-0.2, 0) is 11.2 Å². The minimum atomic E-state index is 0.420. The molecule has 0 N–H and O–H groups in total. The van der Waals surface area contributed by atoms with Crippen LogP contribution in [0, 0.1) is 11.3 Å². The first-order chi connectivity index (χ1) is 12.2. The van der Waals surface area contributed by atoms with Gasteiger partial charge in [0.15, 0.2) is 17.3 Å². The minimum absolute atomic E-state index is 0.420. The number of unbranched alkanes of at least 4 members (excludes halogenated alkanes) is 1. The molecule has 0 aromatic carbocycles. The summed E-state index contributed by atoms with van der Waals surface area (Å²) in [5.41, 5.74) is 1.49. The van der Waals surface area contributed by atoms with E-state index in [1.807, 2.05) is 12.3 Å². The molecule has 3 heterocycles. The van der Waals surface area contributed by atoms with Gasteiger partial charge in [-0.2, -0.15) is 10.4 Å². The van der Waals surface area contributed by atoms with Crippen LogP contribution in [0.2, 0.25) is 0 Å². The molecule has 0 aliphatic carbocycles. The van der Waals surface area contributed by atoms with Crippen LogP contribution in [0.4, 0.5) is 0 Å². The smallest absolute Gasteiger partial charge is 0.212 e. The van der Waals surface area contributed by atoms with Crippen molar-refractivity contribution >= 4 is 28.1 Å². The summed E-state index contributed by atoms with van der Waals surface area (Å²) >= 11 is 1.56. The average molecular weight is 354 g/mol. The number of ether oxygens (including phenoxy) is 1. The molecule has 0 aliphatic rings. The van der Waals surface area contributed by atoms with E-state index in [2.05, 4.69) is 36.2 Å². The molecule has 0 saturated heterocycles. The maximum Gasteiger partial charge on any atom is 0.212 e. The van der Waals surface area contributed by atoms with Gasteiger partial charge in [-0.15, -0.1) is 0 Å². The van der Waals surface area contributed by atoms with Gasteiger partial charge in [0.25, 0.3) is 0 Å². The number of hydrogen-bond acceptors (Lipinski definition) is 6. The molecular weight excluding hydrogens is 336 g/mol. The quantitative estimate of drug-likeness (QED) is 0.438. The number of fused-ring (bicyclic) bond motifs is 1. The summed E-state index contributed by atoms with van der Waals surface area (Å²) in [6.45, 7) is 10.2. The number of aromatic nitrogens is 3. The maximum absolute atomic E-state index is 8.56. The first-order valence-electron chi connectivity index (χ1n) is 7.97. The van der Waals surface area contributed by atoms with E-state index < -0.39 is 0 Å². The fraction of sp³-hybridized carbons (Fsp3) is 0.278. The minimum Gasteiger partial charge on any atom is -0.490 e. The molecule has 0 radical (unpaired) electrons. The van der Waals surface area contributed by atoms with Gasteiger partial charge in [-0.1, -0.05) is 37.5 Å². The maximum atomic E-state index is 8.56.